The molecule has 3 atom stereocenters. The Kier molecular flexibility index (Phi) is 8.40. The molecule has 2 saturated carbocycles. The standard InChI is InChI=1S/C34H41N3O4/c1-40-33(38)36-29-16-14-25(15-17-29)27-19-31(35-20-27)32-30(26-12-13-26)18-28(24-10-6-3-7-11-24)21-37(32)34(39)41-22-23-8-4-2-5-9-23/h2,4-5,8-9,14-17,20,24,26,28,30,32H,3,6-7,10-13,18-19,21-22H2,1H3,(H,36,38). The number of likely N-dealkylation sites (tertiary alicyclic amines) is 1. The first kappa shape index (κ1) is 27.6. The van der Waals surface area contributed by atoms with Crippen LogP contribution in [0.25, 0.3) is 5.57 Å². The molecular formula is C34H41N3O4. The van der Waals surface area contributed by atoms with Crippen molar-refractivity contribution in [1.29, 1.82) is 0 Å². The highest BCUT2D eigenvalue weighted by Crippen LogP contribution is 2.49. The van der Waals surface area contributed by atoms with Gasteiger partial charge in [-0.2, -0.15) is 0 Å². The first-order valence-electron chi connectivity index (χ1n) is 15.3. The van der Waals surface area contributed by atoms with E-state index in [0.29, 0.717) is 35.8 Å². The van der Waals surface area contributed by atoms with Crippen LogP contribution in [-0.2, 0) is 16.1 Å². The van der Waals surface area contributed by atoms with Crippen LogP contribution in [0.4, 0.5) is 15.3 Å². The minimum Gasteiger partial charge on any atom is -0.453 e. The summed E-state index contributed by atoms with van der Waals surface area (Å²) in [6.45, 7) is 1.04. The van der Waals surface area contributed by atoms with Crippen molar-refractivity contribution in [3.05, 3.63) is 71.9 Å². The number of benzene rings is 2. The Morgan fingerprint density at radius 1 is 0.927 bits per heavy atom. The molecule has 1 saturated heterocycles. The lowest BCUT2D eigenvalue weighted by Crippen LogP contribution is -2.56. The van der Waals surface area contributed by atoms with Gasteiger partial charge in [0.15, 0.2) is 0 Å². The molecule has 0 spiro atoms. The van der Waals surface area contributed by atoms with Crippen LogP contribution in [0.15, 0.2) is 65.8 Å². The van der Waals surface area contributed by atoms with Gasteiger partial charge in [0, 0.05) is 30.6 Å². The highest BCUT2D eigenvalue weighted by atomic mass is 16.6. The van der Waals surface area contributed by atoms with E-state index in [0.717, 1.165) is 29.0 Å². The molecule has 216 valence electrons. The van der Waals surface area contributed by atoms with E-state index >= 15 is 0 Å². The number of nitrogens with zero attached hydrogens (tertiary/aromatic N) is 2. The minimum atomic E-state index is -0.488. The maximum absolute atomic E-state index is 13.8. The topological polar surface area (TPSA) is 80.2 Å². The number of hydrogen-bond donors (Lipinski definition) is 1. The van der Waals surface area contributed by atoms with Crippen LogP contribution in [-0.4, -0.2) is 42.5 Å². The van der Waals surface area contributed by atoms with Crippen LogP contribution in [0, 0.1) is 23.7 Å². The molecule has 6 rings (SSSR count). The summed E-state index contributed by atoms with van der Waals surface area (Å²) in [5.74, 6) is 2.32. The molecule has 0 aromatic heterocycles. The summed E-state index contributed by atoms with van der Waals surface area (Å²) in [5, 5.41) is 2.70. The highest BCUT2D eigenvalue weighted by Gasteiger charge is 2.49. The number of allylic oxidation sites excluding steroid dienone is 1. The third-order valence-corrected chi connectivity index (χ3v) is 9.52. The van der Waals surface area contributed by atoms with Crippen LogP contribution in [0.2, 0.25) is 0 Å². The summed E-state index contributed by atoms with van der Waals surface area (Å²) in [5.41, 5.74) is 4.96. The van der Waals surface area contributed by atoms with Crippen molar-refractivity contribution in [2.45, 2.75) is 70.4 Å². The molecule has 7 heteroatoms. The zero-order valence-corrected chi connectivity index (χ0v) is 24.0. The van der Waals surface area contributed by atoms with Gasteiger partial charge in [0.2, 0.25) is 0 Å². The maximum Gasteiger partial charge on any atom is 0.411 e. The summed E-state index contributed by atoms with van der Waals surface area (Å²) >= 11 is 0. The number of carbonyl (C=O) groups is 2. The molecule has 3 unspecified atom stereocenters. The number of amides is 2. The van der Waals surface area contributed by atoms with Crippen molar-refractivity contribution in [1.82, 2.24) is 4.90 Å². The predicted molar refractivity (Wildman–Crippen MR) is 161 cm³/mol. The molecule has 1 N–H and O–H groups in total. The van der Waals surface area contributed by atoms with Gasteiger partial charge in [-0.15, -0.1) is 0 Å². The number of piperidine rings is 1. The fraction of sp³-hybridized carbons (Fsp3) is 0.500. The van der Waals surface area contributed by atoms with E-state index < -0.39 is 6.09 Å². The maximum atomic E-state index is 13.8. The van der Waals surface area contributed by atoms with Crippen LogP contribution < -0.4 is 5.32 Å². The quantitative estimate of drug-likeness (QED) is 0.380. The largest absolute Gasteiger partial charge is 0.453 e. The number of carbonyl (C=O) groups excluding carboxylic acids is 2. The van der Waals surface area contributed by atoms with E-state index in [9.17, 15) is 9.59 Å². The Bertz CT molecular complexity index is 1280. The Hall–Kier alpha value is -3.61. The van der Waals surface area contributed by atoms with Gasteiger partial charge in [-0.3, -0.25) is 15.2 Å². The van der Waals surface area contributed by atoms with Crippen molar-refractivity contribution in [2.24, 2.45) is 28.7 Å². The fourth-order valence-corrected chi connectivity index (χ4v) is 7.23. The van der Waals surface area contributed by atoms with E-state index in [1.807, 2.05) is 60.8 Å². The van der Waals surface area contributed by atoms with Gasteiger partial charge in [0.25, 0.3) is 0 Å². The smallest absolute Gasteiger partial charge is 0.411 e. The van der Waals surface area contributed by atoms with Gasteiger partial charge in [-0.05, 0) is 71.8 Å². The average Bonchev–Trinajstić information content (AvgIpc) is 3.76. The Labute approximate surface area is 243 Å². The zero-order valence-electron chi connectivity index (χ0n) is 24.0. The summed E-state index contributed by atoms with van der Waals surface area (Å²) in [7, 11) is 1.35. The number of anilines is 1. The second kappa shape index (κ2) is 12.5. The molecule has 2 amide bonds. The molecule has 7 nitrogen and oxygen atoms in total. The number of ether oxygens (including phenoxy) is 2. The monoisotopic (exact) mass is 555 g/mol. The average molecular weight is 556 g/mol. The Balaban J connectivity index is 1.21. The molecule has 2 aromatic carbocycles. The van der Waals surface area contributed by atoms with Crippen molar-refractivity contribution in [3.63, 3.8) is 0 Å². The lowest BCUT2D eigenvalue weighted by Gasteiger charge is -2.47. The van der Waals surface area contributed by atoms with Gasteiger partial charge in [-0.1, -0.05) is 74.6 Å². The van der Waals surface area contributed by atoms with Gasteiger partial charge in [0.1, 0.15) is 6.61 Å². The zero-order chi connectivity index (χ0) is 28.2. The first-order chi connectivity index (χ1) is 20.1. The van der Waals surface area contributed by atoms with Crippen molar-refractivity contribution < 1.29 is 19.1 Å². The van der Waals surface area contributed by atoms with Crippen LogP contribution >= 0.6 is 0 Å². The lowest BCUT2D eigenvalue weighted by atomic mass is 9.70. The molecule has 4 aliphatic rings. The summed E-state index contributed by atoms with van der Waals surface area (Å²) < 4.78 is 10.7. The molecule has 0 bridgehead atoms. The highest BCUT2D eigenvalue weighted by molar-refractivity contribution is 6.03. The minimum absolute atomic E-state index is 0.0281. The summed E-state index contributed by atoms with van der Waals surface area (Å²) in [6, 6.07) is 17.7. The molecule has 2 aromatic rings. The second-order valence-electron chi connectivity index (χ2n) is 12.2. The molecule has 2 heterocycles. The number of methoxy groups -OCH3 is 1. The molecule has 41 heavy (non-hydrogen) atoms. The van der Waals surface area contributed by atoms with Crippen LogP contribution in [0.5, 0.6) is 0 Å². The third kappa shape index (κ3) is 6.50. The van der Waals surface area contributed by atoms with E-state index in [2.05, 4.69) is 10.2 Å². The second-order valence-corrected chi connectivity index (χ2v) is 12.2. The van der Waals surface area contributed by atoms with Crippen molar-refractivity contribution >= 4 is 29.2 Å². The normalized spacial score (nSPS) is 24.8. The van der Waals surface area contributed by atoms with Crippen LogP contribution in [0.1, 0.15) is 68.9 Å². The molecule has 3 fully saturated rings. The Morgan fingerprint density at radius 3 is 2.39 bits per heavy atom. The fourth-order valence-electron chi connectivity index (χ4n) is 7.23. The SMILES string of the molecule is COC(=O)Nc1ccc(C2=CN=C(C3C(C4CC4)CC(C4CCCCC4)CN3C(=O)OCc3ccccc3)C2)cc1. The van der Waals surface area contributed by atoms with Gasteiger partial charge in [-0.25, -0.2) is 9.59 Å². The third-order valence-electron chi connectivity index (χ3n) is 9.52. The Morgan fingerprint density at radius 2 is 1.68 bits per heavy atom. The summed E-state index contributed by atoms with van der Waals surface area (Å²) in [4.78, 5) is 32.4. The first-order valence-corrected chi connectivity index (χ1v) is 15.3. The number of aliphatic imine (C=N–C) groups is 1. The van der Waals surface area contributed by atoms with Crippen molar-refractivity contribution in [2.75, 3.05) is 19.0 Å². The van der Waals surface area contributed by atoms with E-state index in [4.69, 9.17) is 14.5 Å². The van der Waals surface area contributed by atoms with E-state index in [1.54, 1.807) is 0 Å². The predicted octanol–water partition coefficient (Wildman–Crippen LogP) is 7.68. The van der Waals surface area contributed by atoms with Gasteiger partial charge in [0.05, 0.1) is 13.2 Å². The molecular weight excluding hydrogens is 514 g/mol. The van der Waals surface area contributed by atoms with Crippen LogP contribution in [0.3, 0.4) is 0 Å². The molecule has 0 radical (unpaired) electrons. The molecule has 2 aliphatic heterocycles. The number of hydrogen-bond acceptors (Lipinski definition) is 5. The number of rotatable bonds is 7. The van der Waals surface area contributed by atoms with Gasteiger partial charge >= 0.3 is 12.2 Å². The summed E-state index contributed by atoms with van der Waals surface area (Å²) in [6.07, 6.45) is 12.2. The lowest BCUT2D eigenvalue weighted by molar-refractivity contribution is 0.0262. The number of nitrogens with one attached hydrogen (secondary N) is 1. The van der Waals surface area contributed by atoms with E-state index in [1.165, 1.54) is 58.5 Å². The van der Waals surface area contributed by atoms with E-state index in [-0.39, 0.29) is 18.7 Å². The molecule has 2 aliphatic carbocycles. The van der Waals surface area contributed by atoms with Crippen molar-refractivity contribution in [3.8, 4) is 0 Å². The van der Waals surface area contributed by atoms with Gasteiger partial charge < -0.3 is 9.47 Å².